The van der Waals surface area contributed by atoms with Crippen molar-refractivity contribution in [2.75, 3.05) is 19.7 Å². The number of aromatic nitrogens is 1. The molecule has 9 nitrogen and oxygen atoms in total. The molecule has 41 heavy (non-hydrogen) atoms. The summed E-state index contributed by atoms with van der Waals surface area (Å²) in [5.41, 5.74) is 4.70. The van der Waals surface area contributed by atoms with Gasteiger partial charge in [0.2, 0.25) is 11.8 Å². The highest BCUT2D eigenvalue weighted by molar-refractivity contribution is 6.05. The van der Waals surface area contributed by atoms with E-state index in [1.54, 1.807) is 11.1 Å². The minimum absolute atomic E-state index is 0.0698. The first-order valence-corrected chi connectivity index (χ1v) is 14.3. The van der Waals surface area contributed by atoms with Crippen molar-refractivity contribution in [2.24, 2.45) is 0 Å². The molecule has 3 amide bonds. The monoisotopic (exact) mass is 552 g/mol. The zero-order chi connectivity index (χ0) is 28.0. The molecule has 5 heterocycles. The number of piperidine rings is 2. The molecule has 2 fully saturated rings. The Morgan fingerprint density at radius 3 is 2.73 bits per heavy atom. The van der Waals surface area contributed by atoms with E-state index in [4.69, 9.17) is 9.47 Å². The first kappa shape index (κ1) is 25.7. The molecule has 0 aliphatic carbocycles. The number of carbonyl (C=O) groups excluding carboxylic acids is 3. The van der Waals surface area contributed by atoms with Crippen LogP contribution in [0.1, 0.15) is 58.4 Å². The normalized spacial score (nSPS) is 21.4. The molecule has 1 aromatic heterocycles. The summed E-state index contributed by atoms with van der Waals surface area (Å²) in [7, 11) is 0. The lowest BCUT2D eigenvalue weighted by Gasteiger charge is -2.38. The number of imide groups is 1. The van der Waals surface area contributed by atoms with Crippen LogP contribution in [0.25, 0.3) is 0 Å². The second-order valence-electron chi connectivity index (χ2n) is 11.5. The van der Waals surface area contributed by atoms with Gasteiger partial charge in [0, 0.05) is 41.3 Å². The predicted octanol–water partition coefficient (Wildman–Crippen LogP) is 3.35. The largest absolute Gasteiger partial charge is 0.492 e. The predicted molar refractivity (Wildman–Crippen MR) is 149 cm³/mol. The van der Waals surface area contributed by atoms with Crippen molar-refractivity contribution in [1.29, 1.82) is 0 Å². The number of hydrogen-bond donors (Lipinski definition) is 1. The molecule has 4 aliphatic heterocycles. The van der Waals surface area contributed by atoms with Crippen molar-refractivity contribution in [3.63, 3.8) is 0 Å². The van der Waals surface area contributed by atoms with Gasteiger partial charge in [-0.15, -0.1) is 0 Å². The lowest BCUT2D eigenvalue weighted by molar-refractivity contribution is -0.136. The van der Waals surface area contributed by atoms with Gasteiger partial charge in [0.05, 0.1) is 18.8 Å². The molecule has 1 atom stereocenters. The van der Waals surface area contributed by atoms with Crippen LogP contribution in [-0.2, 0) is 34.7 Å². The van der Waals surface area contributed by atoms with Gasteiger partial charge in [-0.05, 0) is 68.2 Å². The number of nitrogens with zero attached hydrogens (tertiary/aromatic N) is 3. The molecule has 1 N–H and O–H groups in total. The Labute approximate surface area is 238 Å². The van der Waals surface area contributed by atoms with Gasteiger partial charge < -0.3 is 14.4 Å². The summed E-state index contributed by atoms with van der Waals surface area (Å²) in [4.78, 5) is 45.7. The molecule has 3 aromatic rings. The highest BCUT2D eigenvalue weighted by Gasteiger charge is 2.47. The Hall–Kier alpha value is -4.24. The summed E-state index contributed by atoms with van der Waals surface area (Å²) in [6.07, 6.45) is 4.31. The van der Waals surface area contributed by atoms with Gasteiger partial charge in [-0.3, -0.25) is 29.6 Å². The Bertz CT molecular complexity index is 1520. The molecule has 2 aromatic carbocycles. The van der Waals surface area contributed by atoms with Crippen LogP contribution in [0, 0.1) is 0 Å². The molecule has 0 radical (unpaired) electrons. The smallest absolute Gasteiger partial charge is 0.255 e. The highest BCUT2D eigenvalue weighted by Crippen LogP contribution is 2.49. The maximum atomic E-state index is 13.2. The van der Waals surface area contributed by atoms with Gasteiger partial charge in [0.25, 0.3) is 5.91 Å². The topological polar surface area (TPSA) is 101 Å². The number of hydrogen-bond acceptors (Lipinski definition) is 7. The zero-order valence-electron chi connectivity index (χ0n) is 22.8. The van der Waals surface area contributed by atoms with Crippen LogP contribution in [0.2, 0.25) is 0 Å². The molecule has 1 unspecified atom stereocenters. The number of ether oxygens (including phenoxy) is 2. The van der Waals surface area contributed by atoms with E-state index < -0.39 is 11.9 Å². The van der Waals surface area contributed by atoms with Crippen LogP contribution < -0.4 is 14.8 Å². The summed E-state index contributed by atoms with van der Waals surface area (Å²) in [5, 5.41) is 2.37. The first-order valence-electron chi connectivity index (χ1n) is 14.3. The molecule has 0 bridgehead atoms. The van der Waals surface area contributed by atoms with Crippen molar-refractivity contribution in [1.82, 2.24) is 20.1 Å². The number of carbonyl (C=O) groups is 3. The molecule has 4 aliphatic rings. The number of pyridine rings is 1. The molecule has 7 rings (SSSR count). The summed E-state index contributed by atoms with van der Waals surface area (Å²) in [5.74, 6) is 0.818. The number of fused-ring (bicyclic) bond motifs is 4. The van der Waals surface area contributed by atoms with E-state index in [-0.39, 0.29) is 23.7 Å². The molecule has 1 spiro atoms. The fourth-order valence-electron chi connectivity index (χ4n) is 6.67. The minimum atomic E-state index is -0.624. The van der Waals surface area contributed by atoms with Crippen molar-refractivity contribution in [3.8, 4) is 11.5 Å². The van der Waals surface area contributed by atoms with E-state index in [1.165, 1.54) is 11.1 Å². The first-order chi connectivity index (χ1) is 20.0. The van der Waals surface area contributed by atoms with E-state index >= 15 is 0 Å². The fourth-order valence-corrected chi connectivity index (χ4v) is 6.67. The van der Waals surface area contributed by atoms with Gasteiger partial charge in [-0.2, -0.15) is 0 Å². The third kappa shape index (κ3) is 4.74. The van der Waals surface area contributed by atoms with E-state index in [1.807, 2.05) is 36.4 Å². The Balaban J connectivity index is 1.01. The van der Waals surface area contributed by atoms with E-state index in [2.05, 4.69) is 33.4 Å². The molecule has 2 saturated heterocycles. The van der Waals surface area contributed by atoms with Crippen LogP contribution in [0.3, 0.4) is 0 Å². The third-order valence-corrected chi connectivity index (χ3v) is 8.96. The van der Waals surface area contributed by atoms with Crippen LogP contribution in [0.15, 0.2) is 60.8 Å². The molecule has 210 valence electrons. The maximum Gasteiger partial charge on any atom is 0.255 e. The van der Waals surface area contributed by atoms with Crippen LogP contribution in [0.5, 0.6) is 11.5 Å². The molecular weight excluding hydrogens is 520 g/mol. The average Bonchev–Trinajstić information content (AvgIpc) is 3.52. The molecular formula is C32H32N4O5. The number of nitrogens with one attached hydrogen (secondary N) is 1. The van der Waals surface area contributed by atoms with E-state index in [9.17, 15) is 14.4 Å². The van der Waals surface area contributed by atoms with Crippen LogP contribution >= 0.6 is 0 Å². The summed E-state index contributed by atoms with van der Waals surface area (Å²) < 4.78 is 12.3. The Morgan fingerprint density at radius 1 is 1.05 bits per heavy atom. The van der Waals surface area contributed by atoms with Crippen molar-refractivity contribution >= 4 is 17.7 Å². The van der Waals surface area contributed by atoms with Crippen molar-refractivity contribution in [3.05, 3.63) is 88.7 Å². The van der Waals surface area contributed by atoms with Gasteiger partial charge in [-0.1, -0.05) is 24.3 Å². The second kappa shape index (κ2) is 10.3. The molecule has 0 saturated carbocycles. The average molecular weight is 553 g/mol. The number of amides is 3. The summed E-state index contributed by atoms with van der Waals surface area (Å²) >= 11 is 0. The number of likely N-dealkylation sites (tertiary alicyclic amines) is 1. The Morgan fingerprint density at radius 2 is 1.93 bits per heavy atom. The highest BCUT2D eigenvalue weighted by atomic mass is 16.5. The summed E-state index contributed by atoms with van der Waals surface area (Å²) in [6.45, 7) is 4.13. The SMILES string of the molecule is O=C1CCC(N2Cc3c(ccc4c3OCC43CCN(Cc4cccc(OCc5ccccn5)c4)CC3)C2=O)C(=O)N1. The van der Waals surface area contributed by atoms with Crippen molar-refractivity contribution in [2.45, 2.75) is 56.8 Å². The van der Waals surface area contributed by atoms with E-state index in [0.29, 0.717) is 31.7 Å². The number of rotatable bonds is 6. The van der Waals surface area contributed by atoms with Crippen molar-refractivity contribution < 1.29 is 23.9 Å². The minimum Gasteiger partial charge on any atom is -0.492 e. The van der Waals surface area contributed by atoms with E-state index in [0.717, 1.165) is 55.2 Å². The standard InChI is InChI=1S/C32H32N4O5/c37-28-10-9-27(30(38)34-28)36-18-25-24(31(36)39)7-8-26-29(25)41-20-32(26)11-14-35(15-12-32)17-21-4-3-6-23(16-21)40-19-22-5-1-2-13-33-22/h1-8,13,16,27H,9-12,14-15,17-20H2,(H,34,37,38). The lowest BCUT2D eigenvalue weighted by Crippen LogP contribution is -2.52. The fraction of sp³-hybridized carbons (Fsp3) is 0.375. The lowest BCUT2D eigenvalue weighted by atomic mass is 9.74. The maximum absolute atomic E-state index is 13.2. The number of benzene rings is 2. The second-order valence-corrected chi connectivity index (χ2v) is 11.5. The zero-order valence-corrected chi connectivity index (χ0v) is 22.8. The van der Waals surface area contributed by atoms with Crippen LogP contribution in [-0.4, -0.2) is 58.2 Å². The Kier molecular flexibility index (Phi) is 6.46. The van der Waals surface area contributed by atoms with Gasteiger partial charge in [-0.25, -0.2) is 0 Å². The van der Waals surface area contributed by atoms with Crippen LogP contribution in [0.4, 0.5) is 0 Å². The third-order valence-electron chi connectivity index (χ3n) is 8.96. The van der Waals surface area contributed by atoms with Gasteiger partial charge in [0.1, 0.15) is 24.1 Å². The van der Waals surface area contributed by atoms with Gasteiger partial charge in [0.15, 0.2) is 0 Å². The van der Waals surface area contributed by atoms with Gasteiger partial charge >= 0.3 is 0 Å². The molecule has 9 heteroatoms. The summed E-state index contributed by atoms with van der Waals surface area (Å²) in [6, 6.07) is 17.4. The quantitative estimate of drug-likeness (QED) is 0.468.